The number of fused-ring (bicyclic) bond motifs is 1. The van der Waals surface area contributed by atoms with E-state index >= 15 is 0 Å². The second-order valence-electron chi connectivity index (χ2n) is 5.74. The van der Waals surface area contributed by atoms with E-state index in [1.807, 2.05) is 32.2 Å². The molecule has 21 heavy (non-hydrogen) atoms. The molecule has 0 aliphatic rings. The highest BCUT2D eigenvalue weighted by Gasteiger charge is 2.23. The molecule has 0 bridgehead atoms. The van der Waals surface area contributed by atoms with Gasteiger partial charge in [0.2, 0.25) is 5.91 Å². The van der Waals surface area contributed by atoms with Gasteiger partial charge in [0.25, 0.3) is 0 Å². The molecule has 2 aromatic carbocycles. The van der Waals surface area contributed by atoms with Crippen molar-refractivity contribution in [1.29, 1.82) is 0 Å². The van der Waals surface area contributed by atoms with Crippen molar-refractivity contribution < 1.29 is 4.79 Å². The fourth-order valence-electron chi connectivity index (χ4n) is 2.52. The number of likely N-dealkylation sites (N-methyl/N-ethyl adjacent to an activating group) is 1. The largest absolute Gasteiger partial charge is 0.340 e. The maximum Gasteiger partial charge on any atom is 0.239 e. The molecule has 0 saturated heterocycles. The van der Waals surface area contributed by atoms with Gasteiger partial charge in [-0.1, -0.05) is 62.7 Å². The second-order valence-corrected chi connectivity index (χ2v) is 5.74. The average Bonchev–Trinajstić information content (AvgIpc) is 2.53. The molecule has 2 unspecified atom stereocenters. The summed E-state index contributed by atoms with van der Waals surface area (Å²) in [6.45, 7) is 4.67. The molecule has 0 aliphatic heterocycles. The topological polar surface area (TPSA) is 46.3 Å². The van der Waals surface area contributed by atoms with Crippen LogP contribution in [0.2, 0.25) is 0 Å². The Morgan fingerprint density at radius 2 is 1.86 bits per heavy atom. The molecular formula is C18H24N2O. The van der Waals surface area contributed by atoms with Crippen molar-refractivity contribution in [3.63, 3.8) is 0 Å². The fourth-order valence-corrected chi connectivity index (χ4v) is 2.52. The first-order valence-corrected chi connectivity index (χ1v) is 7.51. The lowest BCUT2D eigenvalue weighted by molar-refractivity contribution is -0.132. The predicted molar refractivity (Wildman–Crippen MR) is 87.9 cm³/mol. The summed E-state index contributed by atoms with van der Waals surface area (Å²) in [7, 11) is 1.83. The zero-order valence-electron chi connectivity index (χ0n) is 13.0. The SMILES string of the molecule is CCC(C)C(N)C(=O)N(C)Cc1cccc2ccccc12. The van der Waals surface area contributed by atoms with Crippen LogP contribution in [0.25, 0.3) is 10.8 Å². The summed E-state index contributed by atoms with van der Waals surface area (Å²) >= 11 is 0. The molecule has 2 rings (SSSR count). The smallest absolute Gasteiger partial charge is 0.239 e. The Kier molecular flexibility index (Phi) is 4.97. The molecule has 1 amide bonds. The Balaban J connectivity index is 2.18. The van der Waals surface area contributed by atoms with Crippen LogP contribution in [0.3, 0.4) is 0 Å². The third kappa shape index (κ3) is 3.42. The first-order chi connectivity index (χ1) is 10.0. The van der Waals surface area contributed by atoms with Gasteiger partial charge in [0.1, 0.15) is 0 Å². The highest BCUT2D eigenvalue weighted by molar-refractivity contribution is 5.86. The van der Waals surface area contributed by atoms with Crippen molar-refractivity contribution in [2.24, 2.45) is 11.7 Å². The van der Waals surface area contributed by atoms with Gasteiger partial charge in [-0.25, -0.2) is 0 Å². The molecule has 0 radical (unpaired) electrons. The lowest BCUT2D eigenvalue weighted by Gasteiger charge is -2.25. The average molecular weight is 284 g/mol. The second kappa shape index (κ2) is 6.72. The molecule has 2 N–H and O–H groups in total. The minimum Gasteiger partial charge on any atom is -0.340 e. The van der Waals surface area contributed by atoms with Crippen LogP contribution in [0.4, 0.5) is 0 Å². The van der Waals surface area contributed by atoms with E-state index in [-0.39, 0.29) is 11.8 Å². The summed E-state index contributed by atoms with van der Waals surface area (Å²) < 4.78 is 0. The third-order valence-corrected chi connectivity index (χ3v) is 4.21. The molecule has 0 heterocycles. The van der Waals surface area contributed by atoms with Gasteiger partial charge in [0.05, 0.1) is 6.04 Å². The van der Waals surface area contributed by atoms with Crippen LogP contribution in [0.15, 0.2) is 42.5 Å². The molecule has 112 valence electrons. The summed E-state index contributed by atoms with van der Waals surface area (Å²) in [5, 5.41) is 2.39. The van der Waals surface area contributed by atoms with Gasteiger partial charge in [-0.15, -0.1) is 0 Å². The van der Waals surface area contributed by atoms with Gasteiger partial charge in [-0.3, -0.25) is 4.79 Å². The zero-order valence-corrected chi connectivity index (χ0v) is 13.0. The Hall–Kier alpha value is -1.87. The van der Waals surface area contributed by atoms with E-state index in [2.05, 4.69) is 31.2 Å². The van der Waals surface area contributed by atoms with Crippen molar-refractivity contribution in [2.45, 2.75) is 32.9 Å². The Labute approximate surface area is 126 Å². The first-order valence-electron chi connectivity index (χ1n) is 7.51. The molecule has 2 atom stereocenters. The summed E-state index contributed by atoms with van der Waals surface area (Å²) in [5.74, 6) is 0.213. The number of hydrogen-bond donors (Lipinski definition) is 1. The highest BCUT2D eigenvalue weighted by atomic mass is 16.2. The maximum atomic E-state index is 12.4. The van der Waals surface area contributed by atoms with E-state index in [0.717, 1.165) is 12.0 Å². The Bertz CT molecular complexity index is 618. The maximum absolute atomic E-state index is 12.4. The lowest BCUT2D eigenvalue weighted by atomic mass is 9.98. The van der Waals surface area contributed by atoms with E-state index in [0.29, 0.717) is 6.54 Å². The van der Waals surface area contributed by atoms with Crippen molar-refractivity contribution in [1.82, 2.24) is 4.90 Å². The van der Waals surface area contributed by atoms with Gasteiger partial charge in [-0.05, 0) is 22.3 Å². The lowest BCUT2D eigenvalue weighted by Crippen LogP contribution is -2.45. The zero-order chi connectivity index (χ0) is 15.4. The van der Waals surface area contributed by atoms with E-state index in [4.69, 9.17) is 5.73 Å². The number of rotatable bonds is 5. The predicted octanol–water partition coefficient (Wildman–Crippen LogP) is 3.17. The summed E-state index contributed by atoms with van der Waals surface area (Å²) in [5.41, 5.74) is 7.20. The van der Waals surface area contributed by atoms with Crippen LogP contribution in [-0.4, -0.2) is 23.9 Å². The van der Waals surface area contributed by atoms with Crippen molar-refractivity contribution >= 4 is 16.7 Å². The number of hydrogen-bond acceptors (Lipinski definition) is 2. The fraction of sp³-hybridized carbons (Fsp3) is 0.389. The standard InChI is InChI=1S/C18H24N2O/c1-4-13(2)17(19)18(21)20(3)12-15-10-7-9-14-8-5-6-11-16(14)15/h5-11,13,17H,4,12,19H2,1-3H3. The molecule has 3 nitrogen and oxygen atoms in total. The van der Waals surface area contributed by atoms with Crippen LogP contribution in [0.5, 0.6) is 0 Å². The van der Waals surface area contributed by atoms with Gasteiger partial charge < -0.3 is 10.6 Å². The van der Waals surface area contributed by atoms with Gasteiger partial charge in [0, 0.05) is 13.6 Å². The minimum atomic E-state index is -0.421. The monoisotopic (exact) mass is 284 g/mol. The first kappa shape index (κ1) is 15.5. The number of nitrogens with two attached hydrogens (primary N) is 1. The third-order valence-electron chi connectivity index (χ3n) is 4.21. The van der Waals surface area contributed by atoms with E-state index in [9.17, 15) is 4.79 Å². The molecule has 0 fully saturated rings. The van der Waals surface area contributed by atoms with Crippen molar-refractivity contribution in [3.8, 4) is 0 Å². The molecular weight excluding hydrogens is 260 g/mol. The minimum absolute atomic E-state index is 0.0114. The van der Waals surface area contributed by atoms with Crippen LogP contribution < -0.4 is 5.73 Å². The van der Waals surface area contributed by atoms with Crippen LogP contribution >= 0.6 is 0 Å². The van der Waals surface area contributed by atoms with Crippen LogP contribution in [0.1, 0.15) is 25.8 Å². The van der Waals surface area contributed by atoms with Crippen LogP contribution in [-0.2, 0) is 11.3 Å². The molecule has 0 aliphatic carbocycles. The number of amides is 1. The van der Waals surface area contributed by atoms with Gasteiger partial charge >= 0.3 is 0 Å². The Morgan fingerprint density at radius 1 is 1.19 bits per heavy atom. The summed E-state index contributed by atoms with van der Waals surface area (Å²) in [4.78, 5) is 14.1. The highest BCUT2D eigenvalue weighted by Crippen LogP contribution is 2.20. The van der Waals surface area contributed by atoms with Crippen molar-refractivity contribution in [3.05, 3.63) is 48.0 Å². The molecule has 0 saturated carbocycles. The van der Waals surface area contributed by atoms with Gasteiger partial charge in [-0.2, -0.15) is 0 Å². The number of carbonyl (C=O) groups is 1. The molecule has 0 aromatic heterocycles. The normalized spacial score (nSPS) is 13.9. The van der Waals surface area contributed by atoms with E-state index < -0.39 is 6.04 Å². The Morgan fingerprint density at radius 3 is 2.57 bits per heavy atom. The van der Waals surface area contributed by atoms with E-state index in [1.54, 1.807) is 4.90 Å². The van der Waals surface area contributed by atoms with Gasteiger partial charge in [0.15, 0.2) is 0 Å². The number of benzene rings is 2. The molecule has 0 spiro atoms. The number of carbonyl (C=O) groups excluding carboxylic acids is 1. The summed E-state index contributed by atoms with van der Waals surface area (Å²) in [6, 6.07) is 14.0. The van der Waals surface area contributed by atoms with Crippen LogP contribution in [0, 0.1) is 5.92 Å². The summed E-state index contributed by atoms with van der Waals surface area (Å²) in [6.07, 6.45) is 0.912. The van der Waals surface area contributed by atoms with Crippen molar-refractivity contribution in [2.75, 3.05) is 7.05 Å². The molecule has 2 aromatic rings. The van der Waals surface area contributed by atoms with E-state index in [1.165, 1.54) is 10.8 Å². The number of nitrogens with zero attached hydrogens (tertiary/aromatic N) is 1. The molecule has 3 heteroatoms. The quantitative estimate of drug-likeness (QED) is 0.916.